The highest BCUT2D eigenvalue weighted by molar-refractivity contribution is 5.95. The van der Waals surface area contributed by atoms with Crippen LogP contribution in [-0.4, -0.2) is 80.1 Å². The van der Waals surface area contributed by atoms with Gasteiger partial charge in [0.2, 0.25) is 12.7 Å². The standard InChI is InChI=1S/C20H23N5O4/c26-19(15-1-2-16-17(13-15)29-14-28-16)24-7-5-23(6-8-24)18-3-4-21-20(22-18)25-9-11-27-12-10-25/h1-4,13H,5-12,14H2. The molecule has 5 rings (SSSR count). The Hall–Kier alpha value is -3.07. The van der Waals surface area contributed by atoms with Crippen molar-refractivity contribution in [2.75, 3.05) is 69.1 Å². The zero-order chi connectivity index (χ0) is 19.6. The second kappa shape index (κ2) is 7.75. The molecule has 2 aromatic rings. The Morgan fingerprint density at radius 2 is 1.69 bits per heavy atom. The molecule has 0 saturated carbocycles. The molecule has 3 aliphatic rings. The van der Waals surface area contributed by atoms with Crippen molar-refractivity contribution < 1.29 is 19.0 Å². The first-order valence-corrected chi connectivity index (χ1v) is 9.87. The van der Waals surface area contributed by atoms with Gasteiger partial charge in [-0.05, 0) is 24.3 Å². The quantitative estimate of drug-likeness (QED) is 0.759. The van der Waals surface area contributed by atoms with Crippen LogP contribution in [0.15, 0.2) is 30.5 Å². The summed E-state index contributed by atoms with van der Waals surface area (Å²) in [5, 5.41) is 0. The van der Waals surface area contributed by atoms with Gasteiger partial charge in [-0.2, -0.15) is 4.98 Å². The normalized spacial score (nSPS) is 18.8. The molecule has 0 radical (unpaired) electrons. The van der Waals surface area contributed by atoms with Crippen LogP contribution < -0.4 is 19.3 Å². The van der Waals surface area contributed by atoms with E-state index in [4.69, 9.17) is 19.2 Å². The van der Waals surface area contributed by atoms with Crippen LogP contribution in [0.1, 0.15) is 10.4 Å². The van der Waals surface area contributed by atoms with E-state index in [0.717, 1.165) is 37.9 Å². The Labute approximate surface area is 168 Å². The Balaban J connectivity index is 1.23. The molecule has 2 saturated heterocycles. The van der Waals surface area contributed by atoms with Crippen LogP contribution in [0.5, 0.6) is 11.5 Å². The monoisotopic (exact) mass is 397 g/mol. The molecule has 0 aliphatic carbocycles. The van der Waals surface area contributed by atoms with E-state index >= 15 is 0 Å². The summed E-state index contributed by atoms with van der Waals surface area (Å²) in [6.07, 6.45) is 1.80. The number of carbonyl (C=O) groups excluding carboxylic acids is 1. The first-order valence-electron chi connectivity index (χ1n) is 9.87. The summed E-state index contributed by atoms with van der Waals surface area (Å²) in [6.45, 7) is 5.97. The number of morpholine rings is 1. The number of anilines is 2. The van der Waals surface area contributed by atoms with Crippen LogP contribution in [0.4, 0.5) is 11.8 Å². The minimum Gasteiger partial charge on any atom is -0.454 e. The number of amides is 1. The van der Waals surface area contributed by atoms with Crippen molar-refractivity contribution in [3.05, 3.63) is 36.0 Å². The lowest BCUT2D eigenvalue weighted by molar-refractivity contribution is 0.0746. The maximum Gasteiger partial charge on any atom is 0.254 e. The van der Waals surface area contributed by atoms with Crippen LogP contribution >= 0.6 is 0 Å². The van der Waals surface area contributed by atoms with Crippen LogP contribution in [-0.2, 0) is 4.74 Å². The average molecular weight is 397 g/mol. The van der Waals surface area contributed by atoms with Crippen molar-refractivity contribution in [1.29, 1.82) is 0 Å². The number of hydrogen-bond acceptors (Lipinski definition) is 8. The highest BCUT2D eigenvalue weighted by Crippen LogP contribution is 2.33. The van der Waals surface area contributed by atoms with Gasteiger partial charge in [-0.3, -0.25) is 4.79 Å². The predicted molar refractivity (Wildman–Crippen MR) is 106 cm³/mol. The second-order valence-corrected chi connectivity index (χ2v) is 7.16. The number of benzene rings is 1. The minimum atomic E-state index is 0.0136. The van der Waals surface area contributed by atoms with Gasteiger partial charge < -0.3 is 28.9 Å². The van der Waals surface area contributed by atoms with E-state index in [-0.39, 0.29) is 12.7 Å². The van der Waals surface area contributed by atoms with Gasteiger partial charge in [0.1, 0.15) is 5.82 Å². The summed E-state index contributed by atoms with van der Waals surface area (Å²) < 4.78 is 16.1. The number of rotatable bonds is 3. The zero-order valence-electron chi connectivity index (χ0n) is 16.1. The number of hydrogen-bond donors (Lipinski definition) is 0. The van der Waals surface area contributed by atoms with Crippen molar-refractivity contribution in [3.63, 3.8) is 0 Å². The Kier molecular flexibility index (Phi) is 4.81. The lowest BCUT2D eigenvalue weighted by atomic mass is 10.1. The third-order valence-electron chi connectivity index (χ3n) is 5.43. The number of piperazine rings is 1. The molecule has 0 N–H and O–H groups in total. The van der Waals surface area contributed by atoms with Gasteiger partial charge >= 0.3 is 0 Å². The smallest absolute Gasteiger partial charge is 0.254 e. The molecule has 3 aliphatic heterocycles. The van der Waals surface area contributed by atoms with Gasteiger partial charge in [0.05, 0.1) is 13.2 Å². The molecule has 9 heteroatoms. The molecular weight excluding hydrogens is 374 g/mol. The zero-order valence-corrected chi connectivity index (χ0v) is 16.1. The number of fused-ring (bicyclic) bond motifs is 1. The van der Waals surface area contributed by atoms with Gasteiger partial charge in [-0.25, -0.2) is 4.98 Å². The van der Waals surface area contributed by atoms with Gasteiger partial charge in [0.25, 0.3) is 5.91 Å². The topological polar surface area (TPSA) is 80.3 Å². The van der Waals surface area contributed by atoms with Crippen molar-refractivity contribution in [1.82, 2.24) is 14.9 Å². The predicted octanol–water partition coefficient (Wildman–Crippen LogP) is 1.00. The lowest BCUT2D eigenvalue weighted by Crippen LogP contribution is -2.49. The summed E-state index contributed by atoms with van der Waals surface area (Å²) in [7, 11) is 0. The van der Waals surface area contributed by atoms with Crippen molar-refractivity contribution in [3.8, 4) is 11.5 Å². The molecule has 0 spiro atoms. The van der Waals surface area contributed by atoms with Crippen molar-refractivity contribution >= 4 is 17.7 Å². The fourth-order valence-corrected chi connectivity index (χ4v) is 3.78. The third-order valence-corrected chi connectivity index (χ3v) is 5.43. The van der Waals surface area contributed by atoms with Crippen LogP contribution in [0, 0.1) is 0 Å². The van der Waals surface area contributed by atoms with E-state index in [1.807, 2.05) is 11.0 Å². The van der Waals surface area contributed by atoms with Gasteiger partial charge in [0, 0.05) is 51.0 Å². The van der Waals surface area contributed by atoms with Crippen LogP contribution in [0.25, 0.3) is 0 Å². The summed E-state index contributed by atoms with van der Waals surface area (Å²) in [5.41, 5.74) is 0.624. The molecule has 0 unspecified atom stereocenters. The van der Waals surface area contributed by atoms with Crippen LogP contribution in [0.2, 0.25) is 0 Å². The molecule has 1 amide bonds. The molecule has 152 valence electrons. The Morgan fingerprint density at radius 1 is 0.897 bits per heavy atom. The highest BCUT2D eigenvalue weighted by Gasteiger charge is 2.25. The maximum atomic E-state index is 12.9. The van der Waals surface area contributed by atoms with Crippen molar-refractivity contribution in [2.45, 2.75) is 0 Å². The molecule has 1 aromatic heterocycles. The molecule has 1 aromatic carbocycles. The van der Waals surface area contributed by atoms with E-state index in [2.05, 4.69) is 14.8 Å². The van der Waals surface area contributed by atoms with Crippen LogP contribution in [0.3, 0.4) is 0 Å². The minimum absolute atomic E-state index is 0.0136. The fourth-order valence-electron chi connectivity index (χ4n) is 3.78. The van der Waals surface area contributed by atoms with E-state index < -0.39 is 0 Å². The Morgan fingerprint density at radius 3 is 2.52 bits per heavy atom. The van der Waals surface area contributed by atoms with Gasteiger partial charge in [-0.15, -0.1) is 0 Å². The molecule has 29 heavy (non-hydrogen) atoms. The Bertz CT molecular complexity index is 894. The molecular formula is C20H23N5O4. The summed E-state index contributed by atoms with van der Waals surface area (Å²) >= 11 is 0. The lowest BCUT2D eigenvalue weighted by Gasteiger charge is -2.36. The highest BCUT2D eigenvalue weighted by atomic mass is 16.7. The first-order chi connectivity index (χ1) is 14.3. The second-order valence-electron chi connectivity index (χ2n) is 7.16. The number of carbonyl (C=O) groups is 1. The molecule has 0 atom stereocenters. The molecule has 9 nitrogen and oxygen atoms in total. The first kappa shape index (κ1) is 18.0. The van der Waals surface area contributed by atoms with E-state index in [1.54, 1.807) is 24.4 Å². The molecule has 0 bridgehead atoms. The van der Waals surface area contributed by atoms with Gasteiger partial charge in [0.15, 0.2) is 11.5 Å². The van der Waals surface area contributed by atoms with Crippen molar-refractivity contribution in [2.24, 2.45) is 0 Å². The summed E-state index contributed by atoms with van der Waals surface area (Å²) in [5.74, 6) is 2.97. The largest absolute Gasteiger partial charge is 0.454 e. The maximum absolute atomic E-state index is 12.9. The van der Waals surface area contributed by atoms with E-state index in [0.29, 0.717) is 43.4 Å². The van der Waals surface area contributed by atoms with E-state index in [1.165, 1.54) is 0 Å². The number of aromatic nitrogens is 2. The molecule has 2 fully saturated rings. The molecule has 4 heterocycles. The average Bonchev–Trinajstić information content (AvgIpc) is 3.27. The SMILES string of the molecule is O=C(c1ccc2c(c1)OCO2)N1CCN(c2ccnc(N3CCOCC3)n2)CC1. The summed E-state index contributed by atoms with van der Waals surface area (Å²) in [6, 6.07) is 7.27. The summed E-state index contributed by atoms with van der Waals surface area (Å²) in [4.78, 5) is 28.2. The third kappa shape index (κ3) is 3.65. The van der Waals surface area contributed by atoms with E-state index in [9.17, 15) is 4.79 Å². The number of nitrogens with zero attached hydrogens (tertiary/aromatic N) is 5. The van der Waals surface area contributed by atoms with Gasteiger partial charge in [-0.1, -0.05) is 0 Å². The number of ether oxygens (including phenoxy) is 3. The fraction of sp³-hybridized carbons (Fsp3) is 0.450.